The Balaban J connectivity index is 1.56. The number of nitrogens with one attached hydrogen (secondary N) is 1. The molecule has 2 aliphatic rings. The Hall–Kier alpha value is -1.63. The number of sulfone groups is 1. The molecule has 0 amide bonds. The number of hydrogen-bond donors (Lipinski definition) is 1. The summed E-state index contributed by atoms with van der Waals surface area (Å²) in [6, 6.07) is 1.84. The van der Waals surface area contributed by atoms with Crippen LogP contribution in [0, 0.1) is 0 Å². The lowest BCUT2D eigenvalue weighted by Gasteiger charge is -2.24. The third-order valence-electron chi connectivity index (χ3n) is 4.87. The maximum atomic E-state index is 11.7. The summed E-state index contributed by atoms with van der Waals surface area (Å²) in [5, 5.41) is 3.29. The first kappa shape index (κ1) is 17.2. The van der Waals surface area contributed by atoms with Crippen molar-refractivity contribution in [1.29, 1.82) is 0 Å². The fourth-order valence-electron chi connectivity index (χ4n) is 3.37. The summed E-state index contributed by atoms with van der Waals surface area (Å²) in [4.78, 5) is 10.8. The van der Waals surface area contributed by atoms with Gasteiger partial charge in [0.15, 0.2) is 9.84 Å². The van der Waals surface area contributed by atoms with Crippen LogP contribution in [0.2, 0.25) is 0 Å². The van der Waals surface area contributed by atoms with Crippen molar-refractivity contribution >= 4 is 21.6 Å². The molecule has 1 aliphatic carbocycles. The third kappa shape index (κ3) is 4.47. The molecule has 0 aromatic carbocycles. The van der Waals surface area contributed by atoms with E-state index in [1.54, 1.807) is 6.20 Å². The lowest BCUT2D eigenvalue weighted by Crippen LogP contribution is -2.33. The van der Waals surface area contributed by atoms with E-state index in [4.69, 9.17) is 0 Å². The van der Waals surface area contributed by atoms with Crippen molar-refractivity contribution in [3.63, 3.8) is 0 Å². The Labute approximate surface area is 144 Å². The Bertz CT molecular complexity index is 702. The minimum absolute atomic E-state index is 0.00476. The number of hydrogen-bond acceptors (Lipinski definition) is 6. The van der Waals surface area contributed by atoms with Crippen molar-refractivity contribution in [2.45, 2.75) is 44.6 Å². The summed E-state index contributed by atoms with van der Waals surface area (Å²) in [5.41, 5.74) is 1.53. The quantitative estimate of drug-likeness (QED) is 0.794. The molecular formula is C17H26N4O2S. The van der Waals surface area contributed by atoms with E-state index in [0.717, 1.165) is 18.8 Å². The average molecular weight is 350 g/mol. The predicted octanol–water partition coefficient (Wildman–Crippen LogP) is 2.40. The highest BCUT2D eigenvalue weighted by atomic mass is 32.2. The second-order valence-corrected chi connectivity index (χ2v) is 8.92. The van der Waals surface area contributed by atoms with Crippen molar-refractivity contribution < 1.29 is 8.42 Å². The van der Waals surface area contributed by atoms with Crippen LogP contribution in [-0.2, 0) is 9.84 Å². The molecule has 1 N–H and O–H groups in total. The molecule has 0 bridgehead atoms. The highest BCUT2D eigenvalue weighted by Gasteiger charge is 2.31. The number of allylic oxidation sites excluding steroid dienone is 1. The van der Waals surface area contributed by atoms with Gasteiger partial charge in [-0.3, -0.25) is 0 Å². The SMILES string of the molecule is CN(c1ccnc(NCCC2=CCCCC2)n1)C1CCS(=O)(=O)C1. The van der Waals surface area contributed by atoms with Gasteiger partial charge in [-0.1, -0.05) is 11.6 Å². The van der Waals surface area contributed by atoms with E-state index in [1.807, 2.05) is 18.0 Å². The molecule has 1 atom stereocenters. The zero-order chi connectivity index (χ0) is 17.0. The van der Waals surface area contributed by atoms with Gasteiger partial charge in [0.25, 0.3) is 0 Å². The molecule has 2 heterocycles. The summed E-state index contributed by atoms with van der Waals surface area (Å²) in [5.74, 6) is 1.86. The number of aromatic nitrogens is 2. The van der Waals surface area contributed by atoms with Crippen LogP contribution in [0.3, 0.4) is 0 Å². The molecule has 0 saturated carbocycles. The third-order valence-corrected chi connectivity index (χ3v) is 6.62. The molecular weight excluding hydrogens is 324 g/mol. The highest BCUT2D eigenvalue weighted by Crippen LogP contribution is 2.22. The van der Waals surface area contributed by atoms with Gasteiger partial charge in [0.1, 0.15) is 5.82 Å². The summed E-state index contributed by atoms with van der Waals surface area (Å²) >= 11 is 0. The lowest BCUT2D eigenvalue weighted by molar-refractivity contribution is 0.600. The summed E-state index contributed by atoms with van der Waals surface area (Å²) in [7, 11) is -0.985. The van der Waals surface area contributed by atoms with Gasteiger partial charge in [-0.25, -0.2) is 13.4 Å². The first-order valence-electron chi connectivity index (χ1n) is 8.71. The second-order valence-electron chi connectivity index (χ2n) is 6.69. The van der Waals surface area contributed by atoms with Gasteiger partial charge in [-0.05, 0) is 44.6 Å². The van der Waals surface area contributed by atoms with Crippen LogP contribution in [0.5, 0.6) is 0 Å². The van der Waals surface area contributed by atoms with Gasteiger partial charge >= 0.3 is 0 Å². The molecule has 7 heteroatoms. The highest BCUT2D eigenvalue weighted by molar-refractivity contribution is 7.91. The smallest absolute Gasteiger partial charge is 0.224 e. The molecule has 1 aromatic rings. The van der Waals surface area contributed by atoms with E-state index in [-0.39, 0.29) is 17.5 Å². The summed E-state index contributed by atoms with van der Waals surface area (Å²) in [6.45, 7) is 0.830. The maximum Gasteiger partial charge on any atom is 0.224 e. The van der Waals surface area contributed by atoms with Crippen LogP contribution < -0.4 is 10.2 Å². The van der Waals surface area contributed by atoms with Gasteiger partial charge in [-0.15, -0.1) is 0 Å². The molecule has 132 valence electrons. The van der Waals surface area contributed by atoms with Gasteiger partial charge in [0, 0.05) is 25.8 Å². The fraction of sp³-hybridized carbons (Fsp3) is 0.647. The Morgan fingerprint density at radius 3 is 2.96 bits per heavy atom. The molecule has 0 radical (unpaired) electrons. The van der Waals surface area contributed by atoms with Crippen molar-refractivity contribution in [2.24, 2.45) is 0 Å². The second kappa shape index (κ2) is 7.51. The monoisotopic (exact) mass is 350 g/mol. The predicted molar refractivity (Wildman–Crippen MR) is 97.2 cm³/mol. The molecule has 0 spiro atoms. The summed E-state index contributed by atoms with van der Waals surface area (Å²) < 4.78 is 23.3. The van der Waals surface area contributed by atoms with Crippen LogP contribution in [0.25, 0.3) is 0 Å². The molecule has 1 unspecified atom stereocenters. The largest absolute Gasteiger partial charge is 0.355 e. The minimum atomic E-state index is -2.89. The van der Waals surface area contributed by atoms with Crippen LogP contribution in [0.4, 0.5) is 11.8 Å². The lowest BCUT2D eigenvalue weighted by atomic mass is 9.97. The van der Waals surface area contributed by atoms with Crippen molar-refractivity contribution in [1.82, 2.24) is 9.97 Å². The van der Waals surface area contributed by atoms with E-state index in [9.17, 15) is 8.42 Å². The zero-order valence-corrected chi connectivity index (χ0v) is 15.1. The Morgan fingerprint density at radius 1 is 1.38 bits per heavy atom. The standard InChI is InChI=1S/C17H26N4O2S/c1-21(15-9-12-24(22,23)13-15)16-8-11-19-17(20-16)18-10-7-14-5-3-2-4-6-14/h5,8,11,15H,2-4,6-7,9-10,12-13H2,1H3,(H,18,19,20). The molecule has 3 rings (SSSR count). The van der Waals surface area contributed by atoms with Gasteiger partial charge in [0.05, 0.1) is 11.5 Å². The first-order valence-corrected chi connectivity index (χ1v) is 10.5. The van der Waals surface area contributed by atoms with Gasteiger partial charge in [0.2, 0.25) is 5.95 Å². The number of nitrogens with zero attached hydrogens (tertiary/aromatic N) is 3. The average Bonchev–Trinajstić information content (AvgIpc) is 2.95. The zero-order valence-electron chi connectivity index (χ0n) is 14.2. The number of rotatable bonds is 6. The van der Waals surface area contributed by atoms with Crippen molar-refractivity contribution in [3.8, 4) is 0 Å². The van der Waals surface area contributed by atoms with Crippen LogP contribution in [-0.4, -0.2) is 49.5 Å². The first-order chi connectivity index (χ1) is 11.5. The van der Waals surface area contributed by atoms with E-state index < -0.39 is 9.84 Å². The van der Waals surface area contributed by atoms with Crippen molar-refractivity contribution in [3.05, 3.63) is 23.9 Å². The molecule has 24 heavy (non-hydrogen) atoms. The van der Waals surface area contributed by atoms with Crippen LogP contribution in [0.1, 0.15) is 38.5 Å². The van der Waals surface area contributed by atoms with Gasteiger partial charge < -0.3 is 10.2 Å². The number of anilines is 2. The minimum Gasteiger partial charge on any atom is -0.355 e. The molecule has 1 saturated heterocycles. The van der Waals surface area contributed by atoms with E-state index in [2.05, 4.69) is 21.4 Å². The maximum absolute atomic E-state index is 11.7. The fourth-order valence-corrected chi connectivity index (χ4v) is 5.14. The molecule has 1 aliphatic heterocycles. The molecule has 6 nitrogen and oxygen atoms in total. The Morgan fingerprint density at radius 2 is 2.25 bits per heavy atom. The molecule has 1 aromatic heterocycles. The van der Waals surface area contributed by atoms with E-state index in [1.165, 1.54) is 31.3 Å². The van der Waals surface area contributed by atoms with E-state index >= 15 is 0 Å². The van der Waals surface area contributed by atoms with Crippen LogP contribution >= 0.6 is 0 Å². The normalized spacial score (nSPS) is 22.9. The van der Waals surface area contributed by atoms with E-state index in [0.29, 0.717) is 12.4 Å². The topological polar surface area (TPSA) is 75.2 Å². The Kier molecular flexibility index (Phi) is 5.38. The van der Waals surface area contributed by atoms with Crippen molar-refractivity contribution in [2.75, 3.05) is 35.3 Å². The van der Waals surface area contributed by atoms with Gasteiger partial charge in [-0.2, -0.15) is 4.98 Å². The summed E-state index contributed by atoms with van der Waals surface area (Å²) in [6.07, 6.45) is 10.8. The molecule has 1 fully saturated rings. The van der Waals surface area contributed by atoms with Crippen LogP contribution in [0.15, 0.2) is 23.9 Å².